The Hall–Kier alpha value is -1.85. The average molecular weight is 333 g/mol. The van der Waals surface area contributed by atoms with Crippen LogP contribution in [0.1, 0.15) is 22.8 Å². The molecule has 1 aromatic heterocycles. The first-order valence-corrected chi connectivity index (χ1v) is 8.18. The lowest BCUT2D eigenvalue weighted by molar-refractivity contribution is 0.0533. The maximum absolute atomic E-state index is 12.7. The van der Waals surface area contributed by atoms with Gasteiger partial charge in [-0.05, 0) is 25.6 Å². The standard InChI is InChI=1S/C17H21ClN4O/c1-13-10-20(2)7-8-22(13)17(23)15-9-19-21(12-15)11-14-5-3-4-6-16(14)18/h3-6,9,12-13H,7-8,10-11H2,1-2H3/t13-/m0/s1. The monoisotopic (exact) mass is 332 g/mol. The molecule has 2 heterocycles. The number of carbonyl (C=O) groups is 1. The first kappa shape index (κ1) is 16.0. The topological polar surface area (TPSA) is 41.4 Å². The van der Waals surface area contributed by atoms with Crippen LogP contribution in [0.3, 0.4) is 0 Å². The Kier molecular flexibility index (Phi) is 4.68. The molecule has 0 N–H and O–H groups in total. The van der Waals surface area contributed by atoms with Gasteiger partial charge in [0.05, 0.1) is 18.3 Å². The Morgan fingerprint density at radius 3 is 2.87 bits per heavy atom. The molecule has 1 saturated heterocycles. The van der Waals surface area contributed by atoms with E-state index in [1.807, 2.05) is 29.2 Å². The van der Waals surface area contributed by atoms with Crippen molar-refractivity contribution in [2.24, 2.45) is 0 Å². The molecule has 0 aliphatic carbocycles. The van der Waals surface area contributed by atoms with Gasteiger partial charge in [0, 0.05) is 36.9 Å². The zero-order chi connectivity index (χ0) is 16.4. The molecule has 0 spiro atoms. The molecular weight excluding hydrogens is 312 g/mol. The molecule has 0 radical (unpaired) electrons. The summed E-state index contributed by atoms with van der Waals surface area (Å²) >= 11 is 6.18. The van der Waals surface area contributed by atoms with E-state index >= 15 is 0 Å². The van der Waals surface area contributed by atoms with Crippen molar-refractivity contribution in [3.63, 3.8) is 0 Å². The van der Waals surface area contributed by atoms with Gasteiger partial charge in [0.15, 0.2) is 0 Å². The van der Waals surface area contributed by atoms with Crippen molar-refractivity contribution in [1.82, 2.24) is 19.6 Å². The SMILES string of the molecule is C[C@H]1CN(C)CCN1C(=O)c1cnn(Cc2ccccc2Cl)c1. The van der Waals surface area contributed by atoms with E-state index < -0.39 is 0 Å². The number of aromatic nitrogens is 2. The minimum atomic E-state index is 0.0519. The van der Waals surface area contributed by atoms with Crippen LogP contribution in [0, 0.1) is 0 Å². The highest BCUT2D eigenvalue weighted by molar-refractivity contribution is 6.31. The van der Waals surface area contributed by atoms with Gasteiger partial charge in [-0.15, -0.1) is 0 Å². The number of likely N-dealkylation sites (N-methyl/N-ethyl adjacent to an activating group) is 1. The number of rotatable bonds is 3. The van der Waals surface area contributed by atoms with Gasteiger partial charge in [0.2, 0.25) is 0 Å². The van der Waals surface area contributed by atoms with E-state index in [4.69, 9.17) is 11.6 Å². The molecule has 1 aliphatic rings. The average Bonchev–Trinajstić information content (AvgIpc) is 2.98. The predicted octanol–water partition coefficient (Wildman–Crippen LogP) is 2.36. The molecule has 5 nitrogen and oxygen atoms in total. The van der Waals surface area contributed by atoms with Gasteiger partial charge in [-0.3, -0.25) is 9.48 Å². The van der Waals surface area contributed by atoms with E-state index in [2.05, 4.69) is 24.0 Å². The summed E-state index contributed by atoms with van der Waals surface area (Å²) in [7, 11) is 2.08. The van der Waals surface area contributed by atoms with Crippen molar-refractivity contribution in [3.8, 4) is 0 Å². The van der Waals surface area contributed by atoms with E-state index in [9.17, 15) is 4.79 Å². The molecule has 23 heavy (non-hydrogen) atoms. The summed E-state index contributed by atoms with van der Waals surface area (Å²) in [5.41, 5.74) is 1.62. The number of piperazine rings is 1. The second-order valence-electron chi connectivity index (χ2n) is 6.13. The number of hydrogen-bond donors (Lipinski definition) is 0. The lowest BCUT2D eigenvalue weighted by Crippen LogP contribution is -2.52. The summed E-state index contributed by atoms with van der Waals surface area (Å²) in [6, 6.07) is 7.89. The maximum Gasteiger partial charge on any atom is 0.257 e. The molecule has 122 valence electrons. The molecule has 0 saturated carbocycles. The molecule has 0 unspecified atom stereocenters. The summed E-state index contributed by atoms with van der Waals surface area (Å²) in [6.45, 7) is 5.21. The second kappa shape index (κ2) is 6.72. The van der Waals surface area contributed by atoms with Gasteiger partial charge in [0.25, 0.3) is 5.91 Å². The minimum absolute atomic E-state index is 0.0519. The van der Waals surface area contributed by atoms with Crippen LogP contribution >= 0.6 is 11.6 Å². The zero-order valence-corrected chi connectivity index (χ0v) is 14.2. The summed E-state index contributed by atoms with van der Waals surface area (Å²) < 4.78 is 1.76. The molecule has 0 bridgehead atoms. The Bertz CT molecular complexity index is 699. The molecule has 6 heteroatoms. The Morgan fingerprint density at radius 1 is 1.35 bits per heavy atom. The van der Waals surface area contributed by atoms with Crippen LogP contribution < -0.4 is 0 Å². The lowest BCUT2D eigenvalue weighted by atomic mass is 10.1. The fourth-order valence-corrected chi connectivity index (χ4v) is 3.16. The Morgan fingerprint density at radius 2 is 2.13 bits per heavy atom. The molecule has 1 aromatic carbocycles. The third-order valence-corrected chi connectivity index (χ3v) is 4.63. The summed E-state index contributed by atoms with van der Waals surface area (Å²) in [5, 5.41) is 5.02. The van der Waals surface area contributed by atoms with Gasteiger partial charge >= 0.3 is 0 Å². The highest BCUT2D eigenvalue weighted by Gasteiger charge is 2.27. The first-order valence-electron chi connectivity index (χ1n) is 7.80. The molecule has 1 amide bonds. The van der Waals surface area contributed by atoms with E-state index in [1.54, 1.807) is 17.1 Å². The lowest BCUT2D eigenvalue weighted by Gasteiger charge is -2.38. The van der Waals surface area contributed by atoms with Crippen LogP contribution in [0.2, 0.25) is 5.02 Å². The molecule has 1 atom stereocenters. The number of halogens is 1. The Labute approximate surface area is 141 Å². The van der Waals surface area contributed by atoms with E-state index in [0.717, 1.165) is 25.2 Å². The summed E-state index contributed by atoms with van der Waals surface area (Å²) in [6.07, 6.45) is 3.45. The summed E-state index contributed by atoms with van der Waals surface area (Å²) in [5.74, 6) is 0.0519. The van der Waals surface area contributed by atoms with Gasteiger partial charge in [-0.1, -0.05) is 29.8 Å². The van der Waals surface area contributed by atoms with Crippen LogP contribution in [-0.4, -0.2) is 58.2 Å². The minimum Gasteiger partial charge on any atom is -0.333 e. The molecule has 1 fully saturated rings. The van der Waals surface area contributed by atoms with Crippen LogP contribution in [0.5, 0.6) is 0 Å². The van der Waals surface area contributed by atoms with Crippen LogP contribution in [0.15, 0.2) is 36.7 Å². The van der Waals surface area contributed by atoms with Crippen LogP contribution in [0.25, 0.3) is 0 Å². The molecular formula is C17H21ClN4O. The van der Waals surface area contributed by atoms with Crippen molar-refractivity contribution in [2.75, 3.05) is 26.7 Å². The second-order valence-corrected chi connectivity index (χ2v) is 6.54. The third-order valence-electron chi connectivity index (χ3n) is 4.26. The zero-order valence-electron chi connectivity index (χ0n) is 13.4. The summed E-state index contributed by atoms with van der Waals surface area (Å²) in [4.78, 5) is 16.9. The quantitative estimate of drug-likeness (QED) is 0.866. The highest BCUT2D eigenvalue weighted by Crippen LogP contribution is 2.17. The first-order chi connectivity index (χ1) is 11.0. The third kappa shape index (κ3) is 3.57. The largest absolute Gasteiger partial charge is 0.333 e. The number of amides is 1. The van der Waals surface area contributed by atoms with E-state index in [1.165, 1.54) is 0 Å². The fourth-order valence-electron chi connectivity index (χ4n) is 2.97. The molecule has 1 aliphatic heterocycles. The molecule has 3 rings (SSSR count). The van der Waals surface area contributed by atoms with Gasteiger partial charge in [-0.25, -0.2) is 0 Å². The fraction of sp³-hybridized carbons (Fsp3) is 0.412. The van der Waals surface area contributed by atoms with Gasteiger partial charge in [-0.2, -0.15) is 5.10 Å². The normalized spacial score (nSPS) is 19.1. The molecule has 2 aromatic rings. The maximum atomic E-state index is 12.7. The van der Waals surface area contributed by atoms with Gasteiger partial charge in [0.1, 0.15) is 0 Å². The van der Waals surface area contributed by atoms with E-state index in [-0.39, 0.29) is 11.9 Å². The number of carbonyl (C=O) groups excluding carboxylic acids is 1. The van der Waals surface area contributed by atoms with Crippen molar-refractivity contribution in [2.45, 2.75) is 19.5 Å². The van der Waals surface area contributed by atoms with E-state index in [0.29, 0.717) is 17.1 Å². The van der Waals surface area contributed by atoms with Gasteiger partial charge < -0.3 is 9.80 Å². The van der Waals surface area contributed by atoms with Crippen LogP contribution in [0.4, 0.5) is 0 Å². The number of nitrogens with zero attached hydrogens (tertiary/aromatic N) is 4. The highest BCUT2D eigenvalue weighted by atomic mass is 35.5. The number of benzene rings is 1. The van der Waals surface area contributed by atoms with Crippen molar-refractivity contribution in [1.29, 1.82) is 0 Å². The Balaban J connectivity index is 1.71. The van der Waals surface area contributed by atoms with Crippen LogP contribution in [-0.2, 0) is 6.54 Å². The predicted molar refractivity (Wildman–Crippen MR) is 90.8 cm³/mol. The van der Waals surface area contributed by atoms with Crippen molar-refractivity contribution < 1.29 is 4.79 Å². The van der Waals surface area contributed by atoms with Crippen molar-refractivity contribution in [3.05, 3.63) is 52.8 Å². The smallest absolute Gasteiger partial charge is 0.257 e. The van der Waals surface area contributed by atoms with Crippen molar-refractivity contribution >= 4 is 17.5 Å². The number of hydrogen-bond acceptors (Lipinski definition) is 3.